The van der Waals surface area contributed by atoms with Crippen molar-refractivity contribution < 1.29 is 19.8 Å². The summed E-state index contributed by atoms with van der Waals surface area (Å²) < 4.78 is 0. The van der Waals surface area contributed by atoms with E-state index < -0.39 is 29.1 Å². The summed E-state index contributed by atoms with van der Waals surface area (Å²) in [6.07, 6.45) is 1.37. The van der Waals surface area contributed by atoms with Gasteiger partial charge in [0.1, 0.15) is 6.04 Å². The van der Waals surface area contributed by atoms with Gasteiger partial charge in [-0.25, -0.2) is 9.59 Å². The summed E-state index contributed by atoms with van der Waals surface area (Å²) in [5, 5.41) is 21.7. The van der Waals surface area contributed by atoms with Crippen molar-refractivity contribution in [3.05, 3.63) is 0 Å². The maximum Gasteiger partial charge on any atom is 0.326 e. The van der Waals surface area contributed by atoms with Crippen LogP contribution in [0.3, 0.4) is 0 Å². The van der Waals surface area contributed by atoms with Crippen LogP contribution in [0.2, 0.25) is 0 Å². The van der Waals surface area contributed by atoms with Gasteiger partial charge in [-0.15, -0.1) is 0 Å². The van der Waals surface area contributed by atoms with Gasteiger partial charge in [0.2, 0.25) is 0 Å². The number of amides is 2. The molecule has 1 saturated heterocycles. The molecule has 0 aromatic rings. The van der Waals surface area contributed by atoms with E-state index in [1.807, 2.05) is 0 Å². The molecule has 1 unspecified atom stereocenters. The molecule has 110 valence electrons. The van der Waals surface area contributed by atoms with E-state index in [9.17, 15) is 19.8 Å². The summed E-state index contributed by atoms with van der Waals surface area (Å²) in [5.41, 5.74) is -1.46. The van der Waals surface area contributed by atoms with E-state index in [1.165, 1.54) is 4.90 Å². The van der Waals surface area contributed by atoms with Crippen LogP contribution in [0.4, 0.5) is 4.79 Å². The van der Waals surface area contributed by atoms with Crippen LogP contribution in [-0.4, -0.2) is 51.8 Å². The van der Waals surface area contributed by atoms with Crippen molar-refractivity contribution in [2.45, 2.75) is 52.2 Å². The third-order valence-corrected chi connectivity index (χ3v) is 3.34. The Morgan fingerprint density at radius 2 is 1.95 bits per heavy atom. The molecule has 1 aliphatic heterocycles. The van der Waals surface area contributed by atoms with Crippen LogP contribution in [0.15, 0.2) is 0 Å². The van der Waals surface area contributed by atoms with Crippen LogP contribution >= 0.6 is 0 Å². The van der Waals surface area contributed by atoms with E-state index in [1.54, 1.807) is 27.7 Å². The minimum Gasteiger partial charge on any atom is -0.480 e. The molecule has 0 saturated carbocycles. The molecular formula is C13H24N2O4. The number of hydrogen-bond acceptors (Lipinski definition) is 3. The standard InChI is InChI=1S/C13H24N2O4/c1-12(2,3)9(10(16)17)14-11(18)15-7-5-6-13(4,19)8-15/h9,19H,5-8H2,1-4H3,(H,14,18)(H,16,17)/t9-,13?/m1/s1. The number of rotatable bonds is 2. The van der Waals surface area contributed by atoms with Crippen LogP contribution < -0.4 is 5.32 Å². The summed E-state index contributed by atoms with van der Waals surface area (Å²) in [6.45, 7) is 7.74. The topological polar surface area (TPSA) is 89.9 Å². The van der Waals surface area contributed by atoms with Crippen molar-refractivity contribution in [2.24, 2.45) is 5.41 Å². The SMILES string of the molecule is CC1(O)CCCN(C(=O)N[C@H](C(=O)O)C(C)(C)C)C1. The van der Waals surface area contributed by atoms with Crippen molar-refractivity contribution in [3.63, 3.8) is 0 Å². The van der Waals surface area contributed by atoms with Gasteiger partial charge in [-0.3, -0.25) is 0 Å². The smallest absolute Gasteiger partial charge is 0.326 e. The molecule has 0 aromatic heterocycles. The normalized spacial score (nSPS) is 25.8. The molecule has 6 nitrogen and oxygen atoms in total. The van der Waals surface area contributed by atoms with E-state index in [4.69, 9.17) is 0 Å². The summed E-state index contributed by atoms with van der Waals surface area (Å²) >= 11 is 0. The molecule has 19 heavy (non-hydrogen) atoms. The highest BCUT2D eigenvalue weighted by Crippen LogP contribution is 2.22. The highest BCUT2D eigenvalue weighted by atomic mass is 16.4. The third kappa shape index (κ3) is 4.38. The lowest BCUT2D eigenvalue weighted by molar-refractivity contribution is -0.142. The fraction of sp³-hybridized carbons (Fsp3) is 0.846. The summed E-state index contributed by atoms with van der Waals surface area (Å²) in [7, 11) is 0. The second-order valence-electron chi connectivity index (χ2n) is 6.61. The van der Waals surface area contributed by atoms with Gasteiger partial charge in [0.25, 0.3) is 0 Å². The van der Waals surface area contributed by atoms with Crippen LogP contribution in [0.1, 0.15) is 40.5 Å². The van der Waals surface area contributed by atoms with E-state index in [0.29, 0.717) is 19.4 Å². The van der Waals surface area contributed by atoms with Gasteiger partial charge in [0.05, 0.1) is 12.1 Å². The molecule has 1 rings (SSSR count). The highest BCUT2D eigenvalue weighted by Gasteiger charge is 2.36. The molecule has 0 bridgehead atoms. The number of aliphatic hydroxyl groups is 1. The average molecular weight is 272 g/mol. The Balaban J connectivity index is 2.70. The second-order valence-corrected chi connectivity index (χ2v) is 6.61. The molecule has 0 spiro atoms. The molecule has 6 heteroatoms. The van der Waals surface area contributed by atoms with E-state index in [2.05, 4.69) is 5.32 Å². The summed E-state index contributed by atoms with van der Waals surface area (Å²) in [5.74, 6) is -1.05. The number of hydrogen-bond donors (Lipinski definition) is 3. The first-order valence-electron chi connectivity index (χ1n) is 6.53. The van der Waals surface area contributed by atoms with Gasteiger partial charge in [-0.2, -0.15) is 0 Å². The highest BCUT2D eigenvalue weighted by molar-refractivity contribution is 5.83. The Hall–Kier alpha value is -1.30. The number of aliphatic carboxylic acids is 1. The van der Waals surface area contributed by atoms with E-state index >= 15 is 0 Å². The lowest BCUT2D eigenvalue weighted by Crippen LogP contribution is -2.57. The second kappa shape index (κ2) is 5.36. The summed E-state index contributed by atoms with van der Waals surface area (Å²) in [6, 6.07) is -1.38. The molecule has 1 fully saturated rings. The fourth-order valence-electron chi connectivity index (χ4n) is 2.26. The molecule has 0 radical (unpaired) electrons. The molecule has 3 N–H and O–H groups in total. The number of carbonyl (C=O) groups is 2. The molecule has 1 heterocycles. The minimum absolute atomic E-state index is 0.231. The molecule has 2 atom stereocenters. The maximum atomic E-state index is 12.1. The van der Waals surface area contributed by atoms with Gasteiger partial charge >= 0.3 is 12.0 Å². The number of likely N-dealkylation sites (tertiary alicyclic amines) is 1. The van der Waals surface area contributed by atoms with Crippen LogP contribution in [-0.2, 0) is 4.79 Å². The number of carbonyl (C=O) groups excluding carboxylic acids is 1. The van der Waals surface area contributed by atoms with Crippen LogP contribution in [0.25, 0.3) is 0 Å². The van der Waals surface area contributed by atoms with E-state index in [-0.39, 0.29) is 6.54 Å². The fourth-order valence-corrected chi connectivity index (χ4v) is 2.26. The Morgan fingerprint density at radius 1 is 1.37 bits per heavy atom. The Morgan fingerprint density at radius 3 is 2.37 bits per heavy atom. The van der Waals surface area contributed by atoms with Gasteiger partial charge < -0.3 is 20.4 Å². The Kier molecular flexibility index (Phi) is 4.45. The number of carboxylic acid groups (broad SMARTS) is 1. The maximum absolute atomic E-state index is 12.1. The first-order chi connectivity index (χ1) is 8.53. The zero-order valence-corrected chi connectivity index (χ0v) is 12.1. The van der Waals surface area contributed by atoms with Crippen LogP contribution in [0.5, 0.6) is 0 Å². The number of carboxylic acids is 1. The Labute approximate surface area is 113 Å². The first-order valence-corrected chi connectivity index (χ1v) is 6.53. The zero-order valence-electron chi connectivity index (χ0n) is 12.1. The van der Waals surface area contributed by atoms with Gasteiger partial charge in [-0.05, 0) is 25.2 Å². The number of β-amino-alcohol motifs (C(OH)–C–C–N with tert-alkyl or cyclic N) is 1. The Bertz CT molecular complexity index is 360. The van der Waals surface area contributed by atoms with Gasteiger partial charge in [0, 0.05) is 6.54 Å². The minimum atomic E-state index is -1.05. The number of urea groups is 1. The lowest BCUT2D eigenvalue weighted by Gasteiger charge is -2.38. The predicted octanol–water partition coefficient (Wildman–Crippen LogP) is 1.04. The molecule has 0 aromatic carbocycles. The van der Waals surface area contributed by atoms with Crippen LogP contribution in [0, 0.1) is 5.41 Å². The van der Waals surface area contributed by atoms with E-state index in [0.717, 1.165) is 0 Å². The zero-order chi connectivity index (χ0) is 14.8. The first kappa shape index (κ1) is 15.8. The van der Waals surface area contributed by atoms with Crippen molar-refractivity contribution >= 4 is 12.0 Å². The lowest BCUT2D eigenvalue weighted by atomic mass is 9.87. The van der Waals surface area contributed by atoms with Gasteiger partial charge in [-0.1, -0.05) is 20.8 Å². The number of nitrogens with zero attached hydrogens (tertiary/aromatic N) is 1. The van der Waals surface area contributed by atoms with Crippen molar-refractivity contribution in [3.8, 4) is 0 Å². The third-order valence-electron chi connectivity index (χ3n) is 3.34. The van der Waals surface area contributed by atoms with Crippen molar-refractivity contribution in [1.82, 2.24) is 10.2 Å². The molecule has 2 amide bonds. The largest absolute Gasteiger partial charge is 0.480 e. The molecule has 0 aliphatic carbocycles. The van der Waals surface area contributed by atoms with Crippen molar-refractivity contribution in [1.29, 1.82) is 0 Å². The predicted molar refractivity (Wildman–Crippen MR) is 70.8 cm³/mol. The number of nitrogens with one attached hydrogen (secondary N) is 1. The van der Waals surface area contributed by atoms with Crippen molar-refractivity contribution in [2.75, 3.05) is 13.1 Å². The number of piperidine rings is 1. The quantitative estimate of drug-likeness (QED) is 0.700. The van der Waals surface area contributed by atoms with Gasteiger partial charge in [0.15, 0.2) is 0 Å². The molecule has 1 aliphatic rings. The molecular weight excluding hydrogens is 248 g/mol. The average Bonchev–Trinajstić information content (AvgIpc) is 2.21. The monoisotopic (exact) mass is 272 g/mol. The summed E-state index contributed by atoms with van der Waals surface area (Å²) in [4.78, 5) is 24.8.